The molecule has 0 aromatic rings. The lowest BCUT2D eigenvalue weighted by Crippen LogP contribution is -2.47. The molecule has 0 aromatic carbocycles. The Hall–Kier alpha value is -1.10. The maximum Gasteiger partial charge on any atom is 0.242 e. The molecule has 2 amide bonds. The first-order chi connectivity index (χ1) is 7.51. The van der Waals surface area contributed by atoms with E-state index in [2.05, 4.69) is 10.6 Å². The molecule has 16 heavy (non-hydrogen) atoms. The smallest absolute Gasteiger partial charge is 0.242 e. The summed E-state index contributed by atoms with van der Waals surface area (Å²) in [7, 11) is 0. The van der Waals surface area contributed by atoms with Crippen LogP contribution in [0, 0.1) is 0 Å². The van der Waals surface area contributed by atoms with Gasteiger partial charge in [0.1, 0.15) is 6.04 Å². The molecule has 2 unspecified atom stereocenters. The van der Waals surface area contributed by atoms with Crippen LogP contribution in [0.4, 0.5) is 0 Å². The van der Waals surface area contributed by atoms with E-state index in [4.69, 9.17) is 5.73 Å². The van der Waals surface area contributed by atoms with Crippen LogP contribution in [0.1, 0.15) is 40.0 Å². The van der Waals surface area contributed by atoms with E-state index >= 15 is 0 Å². The summed E-state index contributed by atoms with van der Waals surface area (Å²) < 4.78 is 0. The zero-order chi connectivity index (χ0) is 12.6. The number of carbonyl (C=O) groups is 2. The molecular formula is C11H23N3O2. The number of rotatable bonds is 7. The summed E-state index contributed by atoms with van der Waals surface area (Å²) in [5, 5.41) is 5.45. The summed E-state index contributed by atoms with van der Waals surface area (Å²) in [5.74, 6) is -0.271. The van der Waals surface area contributed by atoms with Crippen molar-refractivity contribution in [1.29, 1.82) is 0 Å². The van der Waals surface area contributed by atoms with Crippen LogP contribution >= 0.6 is 0 Å². The lowest BCUT2D eigenvalue weighted by atomic mass is 10.2. The van der Waals surface area contributed by atoms with Crippen molar-refractivity contribution in [3.8, 4) is 0 Å². The minimum atomic E-state index is -0.487. The van der Waals surface area contributed by atoms with Gasteiger partial charge in [-0.3, -0.25) is 9.59 Å². The third kappa shape index (κ3) is 6.40. The highest BCUT2D eigenvalue weighted by atomic mass is 16.2. The Balaban J connectivity index is 3.90. The van der Waals surface area contributed by atoms with Crippen LogP contribution in [0.15, 0.2) is 0 Å². The van der Waals surface area contributed by atoms with Gasteiger partial charge in [-0.05, 0) is 33.2 Å². The van der Waals surface area contributed by atoms with E-state index in [1.54, 1.807) is 6.92 Å². The molecule has 94 valence electrons. The fourth-order valence-corrected chi connectivity index (χ4v) is 1.11. The summed E-state index contributed by atoms with van der Waals surface area (Å²) in [6, 6.07) is -0.352. The largest absolute Gasteiger partial charge is 0.352 e. The van der Waals surface area contributed by atoms with Gasteiger partial charge in [-0.25, -0.2) is 0 Å². The maximum absolute atomic E-state index is 11.6. The Bertz CT molecular complexity index is 231. The average molecular weight is 229 g/mol. The van der Waals surface area contributed by atoms with Crippen molar-refractivity contribution in [2.75, 3.05) is 6.54 Å². The minimum Gasteiger partial charge on any atom is -0.352 e. The first-order valence-electron chi connectivity index (χ1n) is 5.81. The van der Waals surface area contributed by atoms with E-state index in [0.29, 0.717) is 19.4 Å². The third-order valence-corrected chi connectivity index (χ3v) is 2.38. The van der Waals surface area contributed by atoms with E-state index in [9.17, 15) is 9.59 Å². The molecular weight excluding hydrogens is 206 g/mol. The highest BCUT2D eigenvalue weighted by Crippen LogP contribution is 1.92. The van der Waals surface area contributed by atoms with Crippen LogP contribution in [0.25, 0.3) is 0 Å². The predicted molar refractivity (Wildman–Crippen MR) is 63.8 cm³/mol. The zero-order valence-corrected chi connectivity index (χ0v) is 10.4. The van der Waals surface area contributed by atoms with Crippen molar-refractivity contribution < 1.29 is 9.59 Å². The van der Waals surface area contributed by atoms with E-state index in [0.717, 1.165) is 6.42 Å². The van der Waals surface area contributed by atoms with Gasteiger partial charge < -0.3 is 16.4 Å². The normalized spacial score (nSPS) is 14.0. The highest BCUT2D eigenvalue weighted by molar-refractivity contribution is 5.87. The Morgan fingerprint density at radius 3 is 2.38 bits per heavy atom. The van der Waals surface area contributed by atoms with E-state index in [-0.39, 0.29) is 17.9 Å². The Kier molecular flexibility index (Phi) is 7.54. The second-order valence-electron chi connectivity index (χ2n) is 4.00. The number of hydrogen-bond acceptors (Lipinski definition) is 3. The van der Waals surface area contributed by atoms with Gasteiger partial charge in [0.15, 0.2) is 0 Å². The molecule has 0 bridgehead atoms. The number of hydrogen-bond donors (Lipinski definition) is 3. The molecule has 4 N–H and O–H groups in total. The van der Waals surface area contributed by atoms with Crippen LogP contribution in [0.2, 0.25) is 0 Å². The number of amides is 2. The number of nitrogens with two attached hydrogens (primary N) is 1. The molecule has 2 atom stereocenters. The molecule has 0 rings (SSSR count). The molecule has 0 fully saturated rings. The molecule has 0 saturated heterocycles. The van der Waals surface area contributed by atoms with Gasteiger partial charge in [-0.15, -0.1) is 0 Å². The monoisotopic (exact) mass is 229 g/mol. The first kappa shape index (κ1) is 14.9. The molecule has 0 radical (unpaired) electrons. The topological polar surface area (TPSA) is 84.2 Å². The third-order valence-electron chi connectivity index (χ3n) is 2.38. The quantitative estimate of drug-likeness (QED) is 0.581. The Morgan fingerprint density at radius 1 is 1.25 bits per heavy atom. The van der Waals surface area contributed by atoms with Crippen molar-refractivity contribution >= 4 is 11.8 Å². The molecule has 0 aliphatic heterocycles. The first-order valence-corrected chi connectivity index (χ1v) is 5.81. The van der Waals surface area contributed by atoms with E-state index in [1.807, 2.05) is 13.8 Å². The van der Waals surface area contributed by atoms with Gasteiger partial charge >= 0.3 is 0 Å². The van der Waals surface area contributed by atoms with Gasteiger partial charge in [-0.1, -0.05) is 6.92 Å². The average Bonchev–Trinajstić information content (AvgIpc) is 2.25. The highest BCUT2D eigenvalue weighted by Gasteiger charge is 2.16. The summed E-state index contributed by atoms with van der Waals surface area (Å²) in [6.45, 7) is 6.09. The minimum absolute atomic E-state index is 0.128. The molecule has 0 aliphatic carbocycles. The van der Waals surface area contributed by atoms with Crippen molar-refractivity contribution in [3.05, 3.63) is 0 Å². The summed E-state index contributed by atoms with van der Waals surface area (Å²) in [5.41, 5.74) is 5.29. The summed E-state index contributed by atoms with van der Waals surface area (Å²) in [6.07, 6.45) is 1.89. The molecule has 0 heterocycles. The van der Waals surface area contributed by atoms with E-state index in [1.165, 1.54) is 0 Å². The standard InChI is InChI=1S/C11H23N3O2/c1-4-8(2)13-11(16)9(3)14-10(15)6-5-7-12/h8-9H,4-7,12H2,1-3H3,(H,13,16)(H,14,15). The molecule has 5 heteroatoms. The molecule has 5 nitrogen and oxygen atoms in total. The van der Waals surface area contributed by atoms with Crippen molar-refractivity contribution in [1.82, 2.24) is 10.6 Å². The molecule has 0 aromatic heterocycles. The van der Waals surface area contributed by atoms with Crippen molar-refractivity contribution in [2.45, 2.75) is 52.1 Å². The van der Waals surface area contributed by atoms with Crippen LogP contribution in [0.3, 0.4) is 0 Å². The van der Waals surface area contributed by atoms with Crippen LogP contribution in [0.5, 0.6) is 0 Å². The van der Waals surface area contributed by atoms with Crippen LogP contribution < -0.4 is 16.4 Å². The fraction of sp³-hybridized carbons (Fsp3) is 0.818. The number of carbonyl (C=O) groups excluding carboxylic acids is 2. The summed E-state index contributed by atoms with van der Waals surface area (Å²) in [4.78, 5) is 22.9. The maximum atomic E-state index is 11.6. The van der Waals surface area contributed by atoms with Crippen LogP contribution in [-0.2, 0) is 9.59 Å². The second kappa shape index (κ2) is 8.10. The van der Waals surface area contributed by atoms with Gasteiger partial charge in [0, 0.05) is 12.5 Å². The molecule has 0 spiro atoms. The Morgan fingerprint density at radius 2 is 1.88 bits per heavy atom. The predicted octanol–water partition coefficient (Wildman–Crippen LogP) is 0.145. The summed E-state index contributed by atoms with van der Waals surface area (Å²) >= 11 is 0. The second-order valence-corrected chi connectivity index (χ2v) is 4.00. The van der Waals surface area contributed by atoms with Crippen molar-refractivity contribution in [2.24, 2.45) is 5.73 Å². The lowest BCUT2D eigenvalue weighted by molar-refractivity contribution is -0.129. The lowest BCUT2D eigenvalue weighted by Gasteiger charge is -2.17. The zero-order valence-electron chi connectivity index (χ0n) is 10.4. The fourth-order valence-electron chi connectivity index (χ4n) is 1.11. The SMILES string of the molecule is CCC(C)NC(=O)C(C)NC(=O)CCCN. The van der Waals surface area contributed by atoms with E-state index < -0.39 is 6.04 Å². The van der Waals surface area contributed by atoms with Gasteiger partial charge in [0.05, 0.1) is 0 Å². The van der Waals surface area contributed by atoms with Crippen LogP contribution in [-0.4, -0.2) is 30.4 Å². The molecule has 0 saturated carbocycles. The molecule has 0 aliphatic rings. The Labute approximate surface area is 97.2 Å². The van der Waals surface area contributed by atoms with Crippen molar-refractivity contribution in [3.63, 3.8) is 0 Å². The van der Waals surface area contributed by atoms with Gasteiger partial charge in [0.2, 0.25) is 11.8 Å². The van der Waals surface area contributed by atoms with Gasteiger partial charge in [-0.2, -0.15) is 0 Å². The number of nitrogens with one attached hydrogen (secondary N) is 2. The van der Waals surface area contributed by atoms with Gasteiger partial charge in [0.25, 0.3) is 0 Å².